The Morgan fingerprint density at radius 2 is 1.63 bits per heavy atom. The third-order valence-electron chi connectivity index (χ3n) is 7.45. The molecule has 41 heavy (non-hydrogen) atoms. The van der Waals surface area contributed by atoms with Crippen molar-refractivity contribution in [2.75, 3.05) is 6.54 Å². The van der Waals surface area contributed by atoms with E-state index in [0.29, 0.717) is 17.9 Å². The lowest BCUT2D eigenvalue weighted by Crippen LogP contribution is -2.42. The molecule has 228 valence electrons. The lowest BCUT2D eigenvalue weighted by molar-refractivity contribution is -0.139. The monoisotopic (exact) mass is 598 g/mol. The summed E-state index contributed by atoms with van der Waals surface area (Å²) in [5, 5.41) is 2.72. The number of sulfonamides is 1. The smallest absolute Gasteiger partial charge is 0.369 e. The third kappa shape index (κ3) is 7.91. The number of benzene rings is 1. The molecule has 2 aromatic rings. The van der Waals surface area contributed by atoms with Crippen LogP contribution in [0.1, 0.15) is 88.3 Å². The number of nitrogens with two attached hydrogens (primary N) is 1. The Hall–Kier alpha value is -2.86. The van der Waals surface area contributed by atoms with E-state index in [-0.39, 0.29) is 23.6 Å². The number of halogens is 3. The summed E-state index contributed by atoms with van der Waals surface area (Å²) in [4.78, 5) is 24.1. The van der Waals surface area contributed by atoms with Crippen molar-refractivity contribution < 1.29 is 31.2 Å². The van der Waals surface area contributed by atoms with Crippen molar-refractivity contribution in [3.63, 3.8) is 0 Å². The number of carbonyl (C=O) groups excluding carboxylic acids is 2. The molecule has 0 radical (unpaired) electrons. The van der Waals surface area contributed by atoms with Gasteiger partial charge in [0.2, 0.25) is 15.9 Å². The van der Waals surface area contributed by atoms with Gasteiger partial charge in [0, 0.05) is 30.0 Å². The minimum atomic E-state index is -4.95. The van der Waals surface area contributed by atoms with Crippen LogP contribution < -0.4 is 15.8 Å². The van der Waals surface area contributed by atoms with E-state index < -0.39 is 49.4 Å². The molecule has 8 nitrogen and oxygen atoms in total. The molecule has 4 N–H and O–H groups in total. The van der Waals surface area contributed by atoms with Gasteiger partial charge in [-0.15, -0.1) is 0 Å². The molecule has 1 aromatic carbocycles. The number of nitrogens with one attached hydrogen (secondary N) is 2. The zero-order chi connectivity index (χ0) is 31.0. The molecule has 1 aliphatic rings. The lowest BCUT2D eigenvalue weighted by atomic mass is 9.89. The van der Waals surface area contributed by atoms with Crippen molar-refractivity contribution in [2.24, 2.45) is 17.1 Å². The number of amides is 2. The van der Waals surface area contributed by atoms with E-state index in [1.807, 2.05) is 4.57 Å². The van der Waals surface area contributed by atoms with Crippen molar-refractivity contribution in [1.82, 2.24) is 14.6 Å². The molecule has 12 heteroatoms. The van der Waals surface area contributed by atoms with Crippen LogP contribution in [0.25, 0.3) is 11.3 Å². The van der Waals surface area contributed by atoms with E-state index in [1.54, 1.807) is 41.5 Å². The second-order valence-electron chi connectivity index (χ2n) is 12.6. The summed E-state index contributed by atoms with van der Waals surface area (Å²) < 4.78 is 72.8. The van der Waals surface area contributed by atoms with E-state index in [1.165, 1.54) is 12.1 Å². The normalized spacial score (nSPS) is 15.6. The molecule has 1 aromatic heterocycles. The van der Waals surface area contributed by atoms with Crippen molar-refractivity contribution in [2.45, 2.75) is 96.8 Å². The number of rotatable bonds is 9. The summed E-state index contributed by atoms with van der Waals surface area (Å²) in [6, 6.07) is 4.67. The van der Waals surface area contributed by atoms with Gasteiger partial charge >= 0.3 is 6.18 Å². The highest BCUT2D eigenvalue weighted by Crippen LogP contribution is 2.39. The van der Waals surface area contributed by atoms with Gasteiger partial charge in [0.05, 0.1) is 21.4 Å². The van der Waals surface area contributed by atoms with Gasteiger partial charge in [-0.2, -0.15) is 13.2 Å². The van der Waals surface area contributed by atoms with Gasteiger partial charge in [-0.25, -0.2) is 13.1 Å². The maximum absolute atomic E-state index is 14.3. The largest absolute Gasteiger partial charge is 0.417 e. The average molecular weight is 599 g/mol. The fourth-order valence-electron chi connectivity index (χ4n) is 5.06. The summed E-state index contributed by atoms with van der Waals surface area (Å²) in [5.41, 5.74) is 3.50. The fourth-order valence-corrected chi connectivity index (χ4v) is 6.69. The van der Waals surface area contributed by atoms with Crippen LogP contribution in [0.3, 0.4) is 0 Å². The SMILES string of the molecule is Cc1c(C(=O)NCC(C)(C)C(N)=O)cc(-c2ccc(S(=O)(=O)NC(C)(C)C)c(C(F)(F)F)c2)n1CC1CCCCC1. The maximum atomic E-state index is 14.3. The molecule has 1 heterocycles. The predicted molar refractivity (Wildman–Crippen MR) is 152 cm³/mol. The average Bonchev–Trinajstić information content (AvgIpc) is 3.16. The molecule has 0 saturated heterocycles. The molecule has 1 saturated carbocycles. The molecule has 0 aliphatic heterocycles. The third-order valence-corrected chi connectivity index (χ3v) is 9.26. The van der Waals surface area contributed by atoms with E-state index >= 15 is 0 Å². The molecule has 3 rings (SSSR count). The Morgan fingerprint density at radius 1 is 1.02 bits per heavy atom. The Morgan fingerprint density at radius 3 is 2.17 bits per heavy atom. The first-order valence-electron chi connectivity index (χ1n) is 13.8. The van der Waals surface area contributed by atoms with Gasteiger partial charge in [-0.05, 0) is 84.1 Å². The molecule has 0 spiro atoms. The summed E-state index contributed by atoms with van der Waals surface area (Å²) in [7, 11) is -4.49. The van der Waals surface area contributed by atoms with Crippen molar-refractivity contribution in [1.29, 1.82) is 0 Å². The first-order chi connectivity index (χ1) is 18.7. The first-order valence-corrected chi connectivity index (χ1v) is 15.2. The second kappa shape index (κ2) is 11.8. The molecular formula is C29H41F3N4O4S. The van der Waals surface area contributed by atoms with E-state index in [4.69, 9.17) is 5.73 Å². The molecule has 1 fully saturated rings. The summed E-state index contributed by atoms with van der Waals surface area (Å²) in [6.45, 7) is 10.1. The van der Waals surface area contributed by atoms with E-state index in [9.17, 15) is 31.2 Å². The Balaban J connectivity index is 2.13. The highest BCUT2D eigenvalue weighted by atomic mass is 32.2. The zero-order valence-corrected chi connectivity index (χ0v) is 25.4. The number of hydrogen-bond donors (Lipinski definition) is 3. The van der Waals surface area contributed by atoms with Gasteiger partial charge in [0.1, 0.15) is 0 Å². The number of aromatic nitrogens is 1. The highest BCUT2D eigenvalue weighted by Gasteiger charge is 2.39. The summed E-state index contributed by atoms with van der Waals surface area (Å²) >= 11 is 0. The minimum Gasteiger partial charge on any atom is -0.369 e. The van der Waals surface area contributed by atoms with Crippen LogP contribution in [0, 0.1) is 18.3 Å². The van der Waals surface area contributed by atoms with Crippen LogP contribution in [0.2, 0.25) is 0 Å². The fraction of sp³-hybridized carbons (Fsp3) is 0.586. The van der Waals surface area contributed by atoms with Crippen LogP contribution in [0.5, 0.6) is 0 Å². The van der Waals surface area contributed by atoms with Gasteiger partial charge in [-0.3, -0.25) is 9.59 Å². The van der Waals surface area contributed by atoms with Crippen molar-refractivity contribution in [3.8, 4) is 11.3 Å². The second-order valence-corrected chi connectivity index (χ2v) is 14.3. The van der Waals surface area contributed by atoms with Crippen LogP contribution in [0.15, 0.2) is 29.2 Å². The Labute approximate surface area is 240 Å². The number of nitrogens with zero attached hydrogens (tertiary/aromatic N) is 1. The highest BCUT2D eigenvalue weighted by molar-refractivity contribution is 7.89. The van der Waals surface area contributed by atoms with Gasteiger partial charge < -0.3 is 15.6 Å². The first kappa shape index (κ1) is 32.7. The number of alkyl halides is 3. The van der Waals surface area contributed by atoms with Gasteiger partial charge in [0.25, 0.3) is 5.91 Å². The number of hydrogen-bond acceptors (Lipinski definition) is 4. The molecule has 2 amide bonds. The standard InChI is InChI=1S/C29H41F3N4O4S/c1-18-21(25(37)34-17-28(5,6)26(33)38)15-23(36(18)16-19-10-8-7-9-11-19)20-12-13-24(22(14-20)29(30,31)32)41(39,40)35-27(2,3)4/h12-15,19,35H,7-11,16-17H2,1-6H3,(H2,33,38)(H,34,37). The molecule has 1 aliphatic carbocycles. The van der Waals surface area contributed by atoms with Gasteiger partial charge in [-0.1, -0.05) is 25.3 Å². The molecular weight excluding hydrogens is 557 g/mol. The topological polar surface area (TPSA) is 123 Å². The van der Waals surface area contributed by atoms with Crippen molar-refractivity contribution >= 4 is 21.8 Å². The lowest BCUT2D eigenvalue weighted by Gasteiger charge is -2.25. The number of primary amides is 1. The number of carbonyl (C=O) groups is 2. The zero-order valence-electron chi connectivity index (χ0n) is 24.5. The molecule has 0 atom stereocenters. The quantitative estimate of drug-likeness (QED) is 0.359. The van der Waals surface area contributed by atoms with Crippen LogP contribution in [-0.4, -0.2) is 36.9 Å². The summed E-state index contributed by atoms with van der Waals surface area (Å²) in [5.74, 6) is -0.776. The minimum absolute atomic E-state index is 0.0186. The maximum Gasteiger partial charge on any atom is 0.417 e. The van der Waals surface area contributed by atoms with Crippen LogP contribution >= 0.6 is 0 Å². The Bertz CT molecular complexity index is 1400. The Kier molecular flexibility index (Phi) is 9.39. The van der Waals surface area contributed by atoms with Crippen LogP contribution in [0.4, 0.5) is 13.2 Å². The predicted octanol–water partition coefficient (Wildman–Crippen LogP) is 5.38. The van der Waals surface area contributed by atoms with Crippen LogP contribution in [-0.2, 0) is 27.5 Å². The van der Waals surface area contributed by atoms with Gasteiger partial charge in [0.15, 0.2) is 0 Å². The molecule has 0 bridgehead atoms. The van der Waals surface area contributed by atoms with Crippen molar-refractivity contribution in [3.05, 3.63) is 41.1 Å². The summed E-state index contributed by atoms with van der Waals surface area (Å²) in [6.07, 6.45) is 0.228. The molecule has 0 unspecified atom stereocenters. The van der Waals surface area contributed by atoms with E-state index in [2.05, 4.69) is 10.0 Å². The van der Waals surface area contributed by atoms with E-state index in [0.717, 1.165) is 44.2 Å².